The first-order valence-corrected chi connectivity index (χ1v) is 8.31. The average molecular weight is 366 g/mol. The van der Waals surface area contributed by atoms with Crippen LogP contribution >= 0.6 is 0 Å². The molecule has 3 rings (SSSR count). The minimum atomic E-state index is -4.76. The van der Waals surface area contributed by atoms with Crippen LogP contribution in [0, 0.1) is 5.82 Å². The number of rotatable bonds is 5. The number of aromatic nitrogens is 2. The van der Waals surface area contributed by atoms with Crippen molar-refractivity contribution >= 4 is 23.5 Å². The molecule has 0 amide bonds. The molecule has 0 saturated carbocycles. The Labute approximate surface area is 148 Å². The summed E-state index contributed by atoms with van der Waals surface area (Å²) >= 11 is 0. The Morgan fingerprint density at radius 2 is 2.08 bits per heavy atom. The van der Waals surface area contributed by atoms with Gasteiger partial charge >= 0.3 is 6.18 Å². The summed E-state index contributed by atoms with van der Waals surface area (Å²) in [5, 5.41) is 2.73. The summed E-state index contributed by atoms with van der Waals surface area (Å²) in [7, 11) is 0. The number of anilines is 3. The van der Waals surface area contributed by atoms with Gasteiger partial charge < -0.3 is 10.2 Å². The van der Waals surface area contributed by atoms with Crippen LogP contribution in [0.2, 0.25) is 0 Å². The lowest BCUT2D eigenvalue weighted by Crippen LogP contribution is -2.28. The van der Waals surface area contributed by atoms with Crippen LogP contribution in [0.5, 0.6) is 0 Å². The number of nitrogens with zero attached hydrogens (tertiary/aromatic N) is 3. The third-order valence-corrected chi connectivity index (χ3v) is 4.03. The molecule has 2 heterocycles. The molecule has 0 spiro atoms. The molecule has 1 N–H and O–H groups in total. The molecule has 0 atom stereocenters. The molecule has 1 aliphatic rings. The molecule has 0 saturated heterocycles. The molecule has 1 aromatic heterocycles. The van der Waals surface area contributed by atoms with E-state index in [4.69, 9.17) is 0 Å². The molecule has 4 nitrogen and oxygen atoms in total. The molecule has 138 valence electrons. The van der Waals surface area contributed by atoms with Crippen LogP contribution in [0.1, 0.15) is 30.9 Å². The Bertz CT molecular complexity index is 817. The second-order valence-corrected chi connectivity index (χ2v) is 5.99. The number of hydrogen-bond donors (Lipinski definition) is 1. The van der Waals surface area contributed by atoms with Gasteiger partial charge in [0.25, 0.3) is 0 Å². The third kappa shape index (κ3) is 3.95. The standard InChI is InChI=1S/C18H18F4N4/c1-2-3-8-26-9-4-5-12-11-23-17(25-16(12)26)24-13-6-7-15(19)14(10-13)18(20,21)22/h4-7,10-11H,2-3,8-9H2,1H3,(H,23,24,25). The van der Waals surface area contributed by atoms with Crippen molar-refractivity contribution in [2.45, 2.75) is 25.9 Å². The van der Waals surface area contributed by atoms with Crippen LogP contribution in [0.4, 0.5) is 35.0 Å². The van der Waals surface area contributed by atoms with E-state index in [1.165, 1.54) is 6.07 Å². The van der Waals surface area contributed by atoms with Gasteiger partial charge in [0.1, 0.15) is 11.6 Å². The van der Waals surface area contributed by atoms with Gasteiger partial charge in [-0.2, -0.15) is 18.2 Å². The number of hydrogen-bond acceptors (Lipinski definition) is 4. The van der Waals surface area contributed by atoms with E-state index in [0.717, 1.165) is 43.4 Å². The van der Waals surface area contributed by atoms with Crippen molar-refractivity contribution < 1.29 is 17.6 Å². The van der Waals surface area contributed by atoms with E-state index < -0.39 is 17.6 Å². The van der Waals surface area contributed by atoms with E-state index in [0.29, 0.717) is 6.07 Å². The van der Waals surface area contributed by atoms with Crippen molar-refractivity contribution in [2.24, 2.45) is 0 Å². The van der Waals surface area contributed by atoms with Crippen LogP contribution in [0.25, 0.3) is 6.08 Å². The Morgan fingerprint density at radius 3 is 2.81 bits per heavy atom. The zero-order chi connectivity index (χ0) is 18.7. The third-order valence-electron chi connectivity index (χ3n) is 4.03. The highest BCUT2D eigenvalue weighted by molar-refractivity contribution is 5.69. The van der Waals surface area contributed by atoms with Gasteiger partial charge in [-0.05, 0) is 24.6 Å². The van der Waals surface area contributed by atoms with Crippen LogP contribution < -0.4 is 10.2 Å². The number of nitrogens with one attached hydrogen (secondary N) is 1. The average Bonchev–Trinajstić information content (AvgIpc) is 2.60. The van der Waals surface area contributed by atoms with E-state index in [-0.39, 0.29) is 11.6 Å². The Kier molecular flexibility index (Phi) is 5.11. The van der Waals surface area contributed by atoms with E-state index in [1.54, 1.807) is 6.20 Å². The van der Waals surface area contributed by atoms with Gasteiger partial charge in [0.15, 0.2) is 0 Å². The number of fused-ring (bicyclic) bond motifs is 1. The summed E-state index contributed by atoms with van der Waals surface area (Å²) < 4.78 is 52.0. The highest BCUT2D eigenvalue weighted by atomic mass is 19.4. The molecule has 2 aromatic rings. The van der Waals surface area contributed by atoms with Crippen molar-refractivity contribution in [3.63, 3.8) is 0 Å². The highest BCUT2D eigenvalue weighted by Crippen LogP contribution is 2.33. The zero-order valence-electron chi connectivity index (χ0n) is 14.1. The second-order valence-electron chi connectivity index (χ2n) is 5.99. The van der Waals surface area contributed by atoms with Gasteiger partial charge in [0, 0.05) is 30.5 Å². The molecule has 1 aromatic carbocycles. The predicted octanol–water partition coefficient (Wildman–Crippen LogP) is 5.01. The summed E-state index contributed by atoms with van der Waals surface area (Å²) in [5.74, 6) is -0.415. The van der Waals surface area contributed by atoms with Gasteiger partial charge in [-0.15, -0.1) is 0 Å². The number of alkyl halides is 3. The van der Waals surface area contributed by atoms with Gasteiger partial charge in [-0.3, -0.25) is 0 Å². The number of benzene rings is 1. The Hall–Kier alpha value is -2.64. The van der Waals surface area contributed by atoms with Crippen molar-refractivity contribution in [1.82, 2.24) is 9.97 Å². The lowest BCUT2D eigenvalue weighted by molar-refractivity contribution is -0.139. The second kappa shape index (κ2) is 7.31. The lowest BCUT2D eigenvalue weighted by Gasteiger charge is -2.26. The number of unbranched alkanes of at least 4 members (excludes halogenated alkanes) is 1. The zero-order valence-corrected chi connectivity index (χ0v) is 14.1. The molecule has 8 heteroatoms. The monoisotopic (exact) mass is 366 g/mol. The molecule has 0 aliphatic carbocycles. The summed E-state index contributed by atoms with van der Waals surface area (Å²) in [6.45, 7) is 3.65. The molecule has 0 unspecified atom stereocenters. The first kappa shape index (κ1) is 18.2. The van der Waals surface area contributed by atoms with Gasteiger partial charge in [0.2, 0.25) is 5.95 Å². The van der Waals surface area contributed by atoms with E-state index in [2.05, 4.69) is 27.1 Å². The van der Waals surface area contributed by atoms with E-state index in [1.807, 2.05) is 12.2 Å². The minimum Gasteiger partial charge on any atom is -0.352 e. The Morgan fingerprint density at radius 1 is 1.27 bits per heavy atom. The number of halogens is 4. The first-order chi connectivity index (χ1) is 12.4. The maximum atomic E-state index is 13.4. The Balaban J connectivity index is 1.87. The maximum Gasteiger partial charge on any atom is 0.419 e. The van der Waals surface area contributed by atoms with Gasteiger partial charge in [0.05, 0.1) is 5.56 Å². The van der Waals surface area contributed by atoms with Crippen LogP contribution in [0.3, 0.4) is 0 Å². The molecule has 26 heavy (non-hydrogen) atoms. The van der Waals surface area contributed by atoms with Crippen LogP contribution in [-0.2, 0) is 6.18 Å². The highest BCUT2D eigenvalue weighted by Gasteiger charge is 2.34. The maximum absolute atomic E-state index is 13.4. The molecule has 0 fully saturated rings. The first-order valence-electron chi connectivity index (χ1n) is 8.31. The van der Waals surface area contributed by atoms with E-state index >= 15 is 0 Å². The molecule has 1 aliphatic heterocycles. The van der Waals surface area contributed by atoms with Crippen molar-refractivity contribution in [2.75, 3.05) is 23.3 Å². The molecular weight excluding hydrogens is 348 g/mol. The van der Waals surface area contributed by atoms with Crippen LogP contribution in [-0.4, -0.2) is 23.1 Å². The van der Waals surface area contributed by atoms with Crippen molar-refractivity contribution in [1.29, 1.82) is 0 Å². The smallest absolute Gasteiger partial charge is 0.352 e. The summed E-state index contributed by atoms with van der Waals surface area (Å²) in [5.41, 5.74) is -0.397. The lowest BCUT2D eigenvalue weighted by atomic mass is 10.1. The summed E-state index contributed by atoms with van der Waals surface area (Å²) in [6.07, 6.45) is 2.84. The molecule has 0 radical (unpaired) electrons. The predicted molar refractivity (Wildman–Crippen MR) is 92.9 cm³/mol. The van der Waals surface area contributed by atoms with Crippen molar-refractivity contribution in [3.8, 4) is 0 Å². The van der Waals surface area contributed by atoms with Gasteiger partial charge in [-0.1, -0.05) is 25.5 Å². The minimum absolute atomic E-state index is 0.0742. The van der Waals surface area contributed by atoms with Crippen LogP contribution in [0.15, 0.2) is 30.5 Å². The van der Waals surface area contributed by atoms with E-state index in [9.17, 15) is 17.6 Å². The fourth-order valence-electron chi connectivity index (χ4n) is 2.70. The summed E-state index contributed by atoms with van der Waals surface area (Å²) in [4.78, 5) is 10.7. The largest absolute Gasteiger partial charge is 0.419 e. The SMILES string of the molecule is CCCCN1CC=Cc2cnc(Nc3ccc(F)c(C(F)(F)F)c3)nc21. The normalized spacial score (nSPS) is 13.7. The summed E-state index contributed by atoms with van der Waals surface area (Å²) in [6, 6.07) is 2.72. The fraction of sp³-hybridized carbons (Fsp3) is 0.333. The fourth-order valence-corrected chi connectivity index (χ4v) is 2.70. The molecular formula is C18H18F4N4. The van der Waals surface area contributed by atoms with Gasteiger partial charge in [-0.25, -0.2) is 9.37 Å². The quantitative estimate of drug-likeness (QED) is 0.755. The van der Waals surface area contributed by atoms with Crippen molar-refractivity contribution in [3.05, 3.63) is 47.4 Å². The molecule has 0 bridgehead atoms. The topological polar surface area (TPSA) is 41.1 Å².